The second-order valence-electron chi connectivity index (χ2n) is 7.66. The maximum absolute atomic E-state index is 5.82. The van der Waals surface area contributed by atoms with Gasteiger partial charge in [0.2, 0.25) is 0 Å². The van der Waals surface area contributed by atoms with Crippen molar-refractivity contribution < 1.29 is 4.42 Å². The van der Waals surface area contributed by atoms with Crippen LogP contribution >= 0.6 is 0 Å². The van der Waals surface area contributed by atoms with Crippen LogP contribution in [0.15, 0.2) is 16.7 Å². The minimum Gasteiger partial charge on any atom is -0.469 e. The van der Waals surface area contributed by atoms with Crippen LogP contribution in [0.5, 0.6) is 0 Å². The van der Waals surface area contributed by atoms with Gasteiger partial charge in [0.25, 0.3) is 0 Å². The Hall–Kier alpha value is -0.720. The first kappa shape index (κ1) is 12.7. The van der Waals surface area contributed by atoms with Gasteiger partial charge in [0.15, 0.2) is 0 Å². The summed E-state index contributed by atoms with van der Waals surface area (Å²) in [7, 11) is 0. The van der Waals surface area contributed by atoms with Crippen LogP contribution in [-0.2, 0) is 6.42 Å². The van der Waals surface area contributed by atoms with Crippen molar-refractivity contribution in [2.75, 3.05) is 0 Å². The standard InChI is InChI=1S/C16H26O/c1-15(2,3)12-8-7-11-9-10-17-14(11)13(12)16(4,5)6/h9-10,12-13H,7-8H2,1-6H3. The predicted molar refractivity (Wildman–Crippen MR) is 72.2 cm³/mol. The summed E-state index contributed by atoms with van der Waals surface area (Å²) in [6.07, 6.45) is 4.34. The van der Waals surface area contributed by atoms with Crippen molar-refractivity contribution in [2.45, 2.75) is 60.3 Å². The van der Waals surface area contributed by atoms with E-state index in [4.69, 9.17) is 4.42 Å². The Morgan fingerprint density at radius 3 is 2.24 bits per heavy atom. The number of hydrogen-bond donors (Lipinski definition) is 0. The maximum atomic E-state index is 5.82. The second kappa shape index (κ2) is 3.90. The first-order valence-electron chi connectivity index (χ1n) is 6.77. The fourth-order valence-corrected chi connectivity index (χ4v) is 3.42. The van der Waals surface area contributed by atoms with Crippen LogP contribution in [-0.4, -0.2) is 0 Å². The fourth-order valence-electron chi connectivity index (χ4n) is 3.42. The van der Waals surface area contributed by atoms with Gasteiger partial charge in [-0.2, -0.15) is 0 Å². The van der Waals surface area contributed by atoms with E-state index in [-0.39, 0.29) is 5.41 Å². The van der Waals surface area contributed by atoms with Crippen LogP contribution in [0.4, 0.5) is 0 Å². The van der Waals surface area contributed by atoms with E-state index in [1.807, 2.05) is 6.26 Å². The summed E-state index contributed by atoms with van der Waals surface area (Å²) in [6.45, 7) is 14.1. The molecule has 0 N–H and O–H groups in total. The van der Waals surface area contributed by atoms with Gasteiger partial charge < -0.3 is 4.42 Å². The Balaban J connectivity index is 2.46. The van der Waals surface area contributed by atoms with E-state index in [9.17, 15) is 0 Å². The predicted octanol–water partition coefficient (Wildman–Crippen LogP) is 5.02. The molecule has 1 heteroatoms. The quantitative estimate of drug-likeness (QED) is 0.614. The normalized spacial score (nSPS) is 25.8. The topological polar surface area (TPSA) is 13.1 Å². The SMILES string of the molecule is CC(C)(C)C1CCc2ccoc2C1C(C)(C)C. The van der Waals surface area contributed by atoms with Crippen LogP contribution in [0.25, 0.3) is 0 Å². The van der Waals surface area contributed by atoms with E-state index < -0.39 is 0 Å². The molecule has 0 fully saturated rings. The molecule has 0 radical (unpaired) electrons. The van der Waals surface area contributed by atoms with Gasteiger partial charge in [-0.3, -0.25) is 0 Å². The summed E-state index contributed by atoms with van der Waals surface area (Å²) in [4.78, 5) is 0. The molecular formula is C16H26O. The molecule has 1 heterocycles. The van der Waals surface area contributed by atoms with E-state index in [2.05, 4.69) is 47.6 Å². The molecule has 1 nitrogen and oxygen atoms in total. The van der Waals surface area contributed by atoms with Crippen LogP contribution in [0.1, 0.15) is 65.2 Å². The Morgan fingerprint density at radius 2 is 1.71 bits per heavy atom. The maximum Gasteiger partial charge on any atom is 0.110 e. The van der Waals surface area contributed by atoms with Gasteiger partial charge in [-0.05, 0) is 41.2 Å². The van der Waals surface area contributed by atoms with Crippen molar-refractivity contribution in [3.05, 3.63) is 23.7 Å². The van der Waals surface area contributed by atoms with Crippen molar-refractivity contribution in [1.29, 1.82) is 0 Å². The van der Waals surface area contributed by atoms with Crippen LogP contribution in [0.2, 0.25) is 0 Å². The lowest BCUT2D eigenvalue weighted by Crippen LogP contribution is -2.37. The zero-order valence-electron chi connectivity index (χ0n) is 12.1. The van der Waals surface area contributed by atoms with E-state index in [0.29, 0.717) is 17.3 Å². The van der Waals surface area contributed by atoms with E-state index >= 15 is 0 Å². The summed E-state index contributed by atoms with van der Waals surface area (Å²) in [5, 5.41) is 0. The van der Waals surface area contributed by atoms with Crippen molar-refractivity contribution in [1.82, 2.24) is 0 Å². The van der Waals surface area contributed by atoms with E-state index in [0.717, 1.165) is 0 Å². The molecule has 2 atom stereocenters. The highest BCUT2D eigenvalue weighted by Gasteiger charge is 2.44. The largest absolute Gasteiger partial charge is 0.469 e. The molecule has 96 valence electrons. The van der Waals surface area contributed by atoms with Gasteiger partial charge in [0.1, 0.15) is 5.76 Å². The highest BCUT2D eigenvalue weighted by molar-refractivity contribution is 5.27. The average Bonchev–Trinajstić information content (AvgIpc) is 2.59. The van der Waals surface area contributed by atoms with Gasteiger partial charge in [0, 0.05) is 5.92 Å². The first-order valence-corrected chi connectivity index (χ1v) is 6.77. The van der Waals surface area contributed by atoms with Crippen LogP contribution < -0.4 is 0 Å². The van der Waals surface area contributed by atoms with E-state index in [1.165, 1.54) is 24.2 Å². The van der Waals surface area contributed by atoms with Gasteiger partial charge in [0.05, 0.1) is 6.26 Å². The zero-order valence-corrected chi connectivity index (χ0v) is 12.1. The highest BCUT2D eigenvalue weighted by Crippen LogP contribution is 2.53. The molecule has 0 aliphatic heterocycles. The Labute approximate surface area is 106 Å². The Morgan fingerprint density at radius 1 is 1.06 bits per heavy atom. The molecule has 0 bridgehead atoms. The molecule has 1 aliphatic rings. The molecule has 1 aromatic heterocycles. The fraction of sp³-hybridized carbons (Fsp3) is 0.750. The summed E-state index contributed by atoms with van der Waals surface area (Å²) in [6, 6.07) is 2.16. The summed E-state index contributed by atoms with van der Waals surface area (Å²) >= 11 is 0. The van der Waals surface area contributed by atoms with Crippen LogP contribution in [0, 0.1) is 16.7 Å². The second-order valence-corrected chi connectivity index (χ2v) is 7.66. The monoisotopic (exact) mass is 234 g/mol. The van der Waals surface area contributed by atoms with E-state index in [1.54, 1.807) is 0 Å². The van der Waals surface area contributed by atoms with Crippen LogP contribution in [0.3, 0.4) is 0 Å². The minimum atomic E-state index is 0.269. The number of rotatable bonds is 0. The molecular weight excluding hydrogens is 208 g/mol. The third-order valence-electron chi connectivity index (χ3n) is 4.24. The van der Waals surface area contributed by atoms with Crippen molar-refractivity contribution in [3.8, 4) is 0 Å². The third kappa shape index (κ3) is 2.29. The minimum absolute atomic E-state index is 0.269. The molecule has 1 aromatic rings. The van der Waals surface area contributed by atoms with Gasteiger partial charge in [-0.25, -0.2) is 0 Å². The van der Waals surface area contributed by atoms with Crippen molar-refractivity contribution >= 4 is 0 Å². The summed E-state index contributed by atoms with van der Waals surface area (Å²) < 4.78 is 5.82. The number of aryl methyl sites for hydroxylation is 1. The van der Waals surface area contributed by atoms with Gasteiger partial charge >= 0.3 is 0 Å². The summed E-state index contributed by atoms with van der Waals surface area (Å²) in [5.41, 5.74) is 2.05. The Bertz CT molecular complexity index is 386. The smallest absolute Gasteiger partial charge is 0.110 e. The molecule has 0 amide bonds. The lowest BCUT2D eigenvalue weighted by Gasteiger charge is -2.45. The number of hydrogen-bond acceptors (Lipinski definition) is 1. The zero-order chi connectivity index (χ0) is 12.8. The molecule has 0 saturated heterocycles. The number of furan rings is 1. The highest BCUT2D eigenvalue weighted by atomic mass is 16.3. The molecule has 2 rings (SSSR count). The first-order chi connectivity index (χ1) is 7.71. The van der Waals surface area contributed by atoms with Gasteiger partial charge in [-0.1, -0.05) is 41.5 Å². The number of fused-ring (bicyclic) bond motifs is 1. The molecule has 0 spiro atoms. The third-order valence-corrected chi connectivity index (χ3v) is 4.24. The molecule has 0 saturated carbocycles. The lowest BCUT2D eigenvalue weighted by molar-refractivity contribution is 0.0926. The lowest BCUT2D eigenvalue weighted by atomic mass is 9.59. The average molecular weight is 234 g/mol. The van der Waals surface area contributed by atoms with Crippen molar-refractivity contribution in [3.63, 3.8) is 0 Å². The molecule has 17 heavy (non-hydrogen) atoms. The molecule has 0 aromatic carbocycles. The van der Waals surface area contributed by atoms with Gasteiger partial charge in [-0.15, -0.1) is 0 Å². The molecule has 2 unspecified atom stereocenters. The van der Waals surface area contributed by atoms with Crippen molar-refractivity contribution in [2.24, 2.45) is 16.7 Å². The Kier molecular flexibility index (Phi) is 2.92. The molecule has 1 aliphatic carbocycles. The summed E-state index contributed by atoms with van der Waals surface area (Å²) in [5.74, 6) is 2.51.